The SMILES string of the molecule is C#Cc1ccccc1N1C=CC=CC(C(=O)OC)=C1C(=O)OC. The standard InChI is InChI=1S/C18H15NO4/c1-4-13-9-5-6-11-15(13)19-12-8-7-10-14(17(20)22-2)16(19)18(21)23-3/h1,5-12H,2-3H3. The third kappa shape index (κ3) is 3.16. The lowest BCUT2D eigenvalue weighted by Gasteiger charge is -2.24. The number of nitrogens with zero attached hydrogens (tertiary/aromatic N) is 1. The van der Waals surface area contributed by atoms with Crippen LogP contribution < -0.4 is 4.90 Å². The first kappa shape index (κ1) is 16.1. The third-order valence-electron chi connectivity index (χ3n) is 3.21. The largest absolute Gasteiger partial charge is 0.465 e. The van der Waals surface area contributed by atoms with Gasteiger partial charge in [-0.15, -0.1) is 6.42 Å². The van der Waals surface area contributed by atoms with Gasteiger partial charge in [-0.25, -0.2) is 9.59 Å². The lowest BCUT2D eigenvalue weighted by molar-refractivity contribution is -0.139. The second kappa shape index (κ2) is 7.14. The van der Waals surface area contributed by atoms with Gasteiger partial charge in [0.1, 0.15) is 5.70 Å². The molecule has 0 N–H and O–H groups in total. The molecule has 116 valence electrons. The van der Waals surface area contributed by atoms with Gasteiger partial charge in [0.05, 0.1) is 25.5 Å². The first-order chi connectivity index (χ1) is 11.1. The molecule has 0 amide bonds. The molecular formula is C18H15NO4. The number of hydrogen-bond acceptors (Lipinski definition) is 5. The van der Waals surface area contributed by atoms with Crippen molar-refractivity contribution in [2.75, 3.05) is 19.1 Å². The number of terminal acetylenes is 1. The Balaban J connectivity index is 2.72. The van der Waals surface area contributed by atoms with Gasteiger partial charge in [-0.05, 0) is 24.3 Å². The lowest BCUT2D eigenvalue weighted by Crippen LogP contribution is -2.27. The van der Waals surface area contributed by atoms with E-state index in [0.717, 1.165) is 0 Å². The molecule has 0 saturated carbocycles. The van der Waals surface area contributed by atoms with Crippen LogP contribution in [0.25, 0.3) is 0 Å². The third-order valence-corrected chi connectivity index (χ3v) is 3.21. The van der Waals surface area contributed by atoms with Crippen LogP contribution in [-0.4, -0.2) is 26.2 Å². The van der Waals surface area contributed by atoms with Gasteiger partial charge in [0.2, 0.25) is 0 Å². The predicted octanol–water partition coefficient (Wildman–Crippen LogP) is 2.16. The fourth-order valence-corrected chi connectivity index (χ4v) is 2.16. The minimum Gasteiger partial charge on any atom is -0.465 e. The molecule has 5 nitrogen and oxygen atoms in total. The zero-order chi connectivity index (χ0) is 16.8. The van der Waals surface area contributed by atoms with Crippen LogP contribution in [0, 0.1) is 12.3 Å². The second-order valence-corrected chi connectivity index (χ2v) is 4.48. The summed E-state index contributed by atoms with van der Waals surface area (Å²) in [4.78, 5) is 25.9. The van der Waals surface area contributed by atoms with E-state index < -0.39 is 11.9 Å². The van der Waals surface area contributed by atoms with Crippen LogP contribution in [0.5, 0.6) is 0 Å². The number of hydrogen-bond donors (Lipinski definition) is 0. The lowest BCUT2D eigenvalue weighted by atomic mass is 10.1. The van der Waals surface area contributed by atoms with E-state index in [2.05, 4.69) is 5.92 Å². The normalized spacial score (nSPS) is 13.3. The summed E-state index contributed by atoms with van der Waals surface area (Å²) >= 11 is 0. The van der Waals surface area contributed by atoms with Crippen molar-refractivity contribution < 1.29 is 19.1 Å². The number of carbonyl (C=O) groups is 2. The Morgan fingerprint density at radius 3 is 2.43 bits per heavy atom. The molecule has 1 aliphatic heterocycles. The van der Waals surface area contributed by atoms with Gasteiger partial charge in [-0.3, -0.25) is 0 Å². The Labute approximate surface area is 134 Å². The van der Waals surface area contributed by atoms with E-state index in [9.17, 15) is 9.59 Å². The molecular weight excluding hydrogens is 294 g/mol. The number of benzene rings is 1. The highest BCUT2D eigenvalue weighted by Crippen LogP contribution is 2.28. The molecule has 1 aromatic carbocycles. The summed E-state index contributed by atoms with van der Waals surface area (Å²) in [6, 6.07) is 7.08. The average molecular weight is 309 g/mol. The molecule has 2 rings (SSSR count). The van der Waals surface area contributed by atoms with E-state index in [4.69, 9.17) is 15.9 Å². The summed E-state index contributed by atoms with van der Waals surface area (Å²) in [5, 5.41) is 0. The summed E-state index contributed by atoms with van der Waals surface area (Å²) in [5.41, 5.74) is 1.27. The minimum atomic E-state index is -0.673. The number of para-hydroxylation sites is 1. The number of anilines is 1. The fourth-order valence-electron chi connectivity index (χ4n) is 2.16. The highest BCUT2D eigenvalue weighted by atomic mass is 16.5. The summed E-state index contributed by atoms with van der Waals surface area (Å²) < 4.78 is 9.59. The molecule has 0 aliphatic carbocycles. The number of allylic oxidation sites excluding steroid dienone is 2. The van der Waals surface area contributed by atoms with Crippen LogP contribution in [-0.2, 0) is 19.1 Å². The Bertz CT molecular complexity index is 765. The number of carbonyl (C=O) groups excluding carboxylic acids is 2. The van der Waals surface area contributed by atoms with Crippen LogP contribution in [0.4, 0.5) is 5.69 Å². The van der Waals surface area contributed by atoms with Crippen molar-refractivity contribution in [3.63, 3.8) is 0 Å². The first-order valence-corrected chi connectivity index (χ1v) is 6.74. The van der Waals surface area contributed by atoms with Gasteiger partial charge in [-0.1, -0.05) is 24.1 Å². The van der Waals surface area contributed by atoms with Crippen LogP contribution in [0.15, 0.2) is 60.0 Å². The van der Waals surface area contributed by atoms with E-state index in [0.29, 0.717) is 11.3 Å². The molecule has 0 bridgehead atoms. The zero-order valence-corrected chi connectivity index (χ0v) is 12.8. The second-order valence-electron chi connectivity index (χ2n) is 4.48. The smallest absolute Gasteiger partial charge is 0.355 e. The highest BCUT2D eigenvalue weighted by molar-refractivity contribution is 6.05. The van der Waals surface area contributed by atoms with E-state index in [-0.39, 0.29) is 11.3 Å². The summed E-state index contributed by atoms with van der Waals surface area (Å²) in [6.45, 7) is 0. The quantitative estimate of drug-likeness (QED) is 0.632. The average Bonchev–Trinajstić information content (AvgIpc) is 2.83. The molecule has 1 heterocycles. The zero-order valence-electron chi connectivity index (χ0n) is 12.8. The predicted molar refractivity (Wildman–Crippen MR) is 86.2 cm³/mol. The van der Waals surface area contributed by atoms with Crippen molar-refractivity contribution in [2.45, 2.75) is 0 Å². The van der Waals surface area contributed by atoms with E-state index in [1.54, 1.807) is 42.6 Å². The maximum atomic E-state index is 12.3. The molecule has 0 unspecified atom stereocenters. The Kier molecular flexibility index (Phi) is 5.00. The molecule has 5 heteroatoms. The van der Waals surface area contributed by atoms with Gasteiger partial charge in [0.25, 0.3) is 0 Å². The van der Waals surface area contributed by atoms with Gasteiger partial charge in [0, 0.05) is 11.8 Å². The van der Waals surface area contributed by atoms with E-state index in [1.165, 1.54) is 25.2 Å². The van der Waals surface area contributed by atoms with Crippen LogP contribution >= 0.6 is 0 Å². The van der Waals surface area contributed by atoms with Gasteiger partial charge < -0.3 is 14.4 Å². The Hall–Kier alpha value is -3.26. The van der Waals surface area contributed by atoms with E-state index in [1.807, 2.05) is 0 Å². The monoisotopic (exact) mass is 309 g/mol. The van der Waals surface area contributed by atoms with Crippen molar-refractivity contribution in [3.8, 4) is 12.3 Å². The maximum Gasteiger partial charge on any atom is 0.355 e. The number of methoxy groups -OCH3 is 2. The van der Waals surface area contributed by atoms with Crippen molar-refractivity contribution >= 4 is 17.6 Å². The van der Waals surface area contributed by atoms with Crippen LogP contribution in [0.2, 0.25) is 0 Å². The molecule has 1 aromatic rings. The molecule has 0 aromatic heterocycles. The molecule has 0 saturated heterocycles. The number of esters is 2. The van der Waals surface area contributed by atoms with Gasteiger partial charge in [0.15, 0.2) is 0 Å². The van der Waals surface area contributed by atoms with Gasteiger partial charge >= 0.3 is 11.9 Å². The van der Waals surface area contributed by atoms with Gasteiger partial charge in [-0.2, -0.15) is 0 Å². The summed E-state index contributed by atoms with van der Waals surface area (Å²) in [6.07, 6.45) is 12.0. The molecule has 0 radical (unpaired) electrons. The highest BCUT2D eigenvalue weighted by Gasteiger charge is 2.28. The van der Waals surface area contributed by atoms with Crippen molar-refractivity contribution in [1.82, 2.24) is 0 Å². The van der Waals surface area contributed by atoms with Crippen LogP contribution in [0.1, 0.15) is 5.56 Å². The maximum absolute atomic E-state index is 12.3. The molecule has 0 atom stereocenters. The molecule has 1 aliphatic rings. The van der Waals surface area contributed by atoms with Crippen molar-refractivity contribution in [3.05, 3.63) is 65.5 Å². The number of rotatable bonds is 3. The molecule has 0 fully saturated rings. The topological polar surface area (TPSA) is 55.8 Å². The number of ether oxygens (including phenoxy) is 2. The fraction of sp³-hybridized carbons (Fsp3) is 0.111. The van der Waals surface area contributed by atoms with Crippen molar-refractivity contribution in [2.24, 2.45) is 0 Å². The first-order valence-electron chi connectivity index (χ1n) is 6.74. The molecule has 0 spiro atoms. The van der Waals surface area contributed by atoms with Crippen molar-refractivity contribution in [1.29, 1.82) is 0 Å². The molecule has 23 heavy (non-hydrogen) atoms. The summed E-state index contributed by atoms with van der Waals surface area (Å²) in [7, 11) is 2.49. The Morgan fingerprint density at radius 2 is 1.78 bits per heavy atom. The van der Waals surface area contributed by atoms with E-state index >= 15 is 0 Å². The summed E-state index contributed by atoms with van der Waals surface area (Å²) in [5.74, 6) is 1.24. The van der Waals surface area contributed by atoms with Crippen LogP contribution in [0.3, 0.4) is 0 Å². The Morgan fingerprint density at radius 1 is 1.09 bits per heavy atom. The minimum absolute atomic E-state index is 0.0343.